The maximum Gasteiger partial charge on any atom is 0.307 e. The highest BCUT2D eigenvalue weighted by atomic mass is 16.6. The van der Waals surface area contributed by atoms with Crippen LogP contribution in [0.2, 0.25) is 0 Å². The predicted octanol–water partition coefficient (Wildman–Crippen LogP) is 0.694. The molecule has 2 heterocycles. The van der Waals surface area contributed by atoms with Crippen molar-refractivity contribution in [2.45, 2.75) is 6.92 Å². The lowest BCUT2D eigenvalue weighted by Gasteiger charge is -2.00. The normalized spacial score (nSPS) is 10.2. The molecule has 0 spiro atoms. The van der Waals surface area contributed by atoms with E-state index in [9.17, 15) is 10.1 Å². The molecule has 0 aliphatic rings. The molecule has 0 aliphatic carbocycles. The molecule has 0 amide bonds. The number of aryl methyl sites for hydroxylation is 2. The van der Waals surface area contributed by atoms with Crippen molar-refractivity contribution >= 4 is 5.69 Å². The van der Waals surface area contributed by atoms with E-state index >= 15 is 0 Å². The first-order valence-electron chi connectivity index (χ1n) is 4.67. The van der Waals surface area contributed by atoms with E-state index in [-0.39, 0.29) is 5.69 Å². The Bertz CT molecular complexity index is 632. The van der Waals surface area contributed by atoms with Crippen LogP contribution in [-0.2, 0) is 7.05 Å². The largest absolute Gasteiger partial charge is 0.307 e. The minimum Gasteiger partial charge on any atom is -0.258 e. The average molecular weight is 232 g/mol. The van der Waals surface area contributed by atoms with Crippen LogP contribution < -0.4 is 0 Å². The second-order valence-corrected chi connectivity index (χ2v) is 3.42. The standard InChI is InChI=1S/C9H8N6O2/c1-6-8(3-10)9(13(2)12-6)14-5-7(4-11-14)15(16)17/h4-5H,1-2H3. The molecule has 8 nitrogen and oxygen atoms in total. The number of hydrogen-bond acceptors (Lipinski definition) is 5. The number of rotatable bonds is 2. The first kappa shape index (κ1) is 10.8. The fourth-order valence-corrected chi connectivity index (χ4v) is 1.56. The summed E-state index contributed by atoms with van der Waals surface area (Å²) in [6.45, 7) is 1.69. The van der Waals surface area contributed by atoms with Crippen LogP contribution in [0.1, 0.15) is 11.3 Å². The lowest BCUT2D eigenvalue weighted by molar-refractivity contribution is -0.384. The van der Waals surface area contributed by atoms with Crippen LogP contribution in [0.3, 0.4) is 0 Å². The molecule has 0 aliphatic heterocycles. The van der Waals surface area contributed by atoms with Crippen molar-refractivity contribution in [3.63, 3.8) is 0 Å². The van der Waals surface area contributed by atoms with Crippen LogP contribution in [0, 0.1) is 28.4 Å². The molecule has 0 unspecified atom stereocenters. The second-order valence-electron chi connectivity index (χ2n) is 3.42. The predicted molar refractivity (Wildman–Crippen MR) is 56.4 cm³/mol. The summed E-state index contributed by atoms with van der Waals surface area (Å²) in [5.41, 5.74) is 0.779. The van der Waals surface area contributed by atoms with Crippen LogP contribution in [0.15, 0.2) is 12.4 Å². The van der Waals surface area contributed by atoms with Crippen molar-refractivity contribution in [1.82, 2.24) is 19.6 Å². The van der Waals surface area contributed by atoms with Crippen LogP contribution in [-0.4, -0.2) is 24.5 Å². The van der Waals surface area contributed by atoms with E-state index in [1.165, 1.54) is 15.6 Å². The van der Waals surface area contributed by atoms with Crippen LogP contribution in [0.4, 0.5) is 5.69 Å². The Morgan fingerprint density at radius 3 is 2.82 bits per heavy atom. The Morgan fingerprint density at radius 2 is 2.29 bits per heavy atom. The number of nitriles is 1. The van der Waals surface area contributed by atoms with Gasteiger partial charge < -0.3 is 0 Å². The molecule has 0 saturated carbocycles. The molecule has 2 aromatic rings. The minimum absolute atomic E-state index is 0.132. The third-order valence-electron chi connectivity index (χ3n) is 2.30. The molecule has 0 atom stereocenters. The van der Waals surface area contributed by atoms with Crippen molar-refractivity contribution < 1.29 is 4.92 Å². The Morgan fingerprint density at radius 1 is 1.59 bits per heavy atom. The van der Waals surface area contributed by atoms with Gasteiger partial charge in [0.2, 0.25) is 0 Å². The maximum absolute atomic E-state index is 10.6. The molecule has 8 heteroatoms. The van der Waals surface area contributed by atoms with Gasteiger partial charge in [0.05, 0.1) is 10.6 Å². The minimum atomic E-state index is -0.543. The molecular formula is C9H8N6O2. The van der Waals surface area contributed by atoms with Crippen molar-refractivity contribution in [2.24, 2.45) is 7.05 Å². The summed E-state index contributed by atoms with van der Waals surface area (Å²) in [6, 6.07) is 2.01. The molecule has 0 bridgehead atoms. The van der Waals surface area contributed by atoms with E-state index < -0.39 is 4.92 Å². The van der Waals surface area contributed by atoms with Crippen molar-refractivity contribution in [3.8, 4) is 11.9 Å². The van der Waals surface area contributed by atoms with E-state index in [2.05, 4.69) is 10.2 Å². The summed E-state index contributed by atoms with van der Waals surface area (Å²) in [5.74, 6) is 0.415. The fraction of sp³-hybridized carbons (Fsp3) is 0.222. The average Bonchev–Trinajstić information content (AvgIpc) is 2.82. The summed E-state index contributed by atoms with van der Waals surface area (Å²) in [7, 11) is 1.65. The molecule has 0 N–H and O–H groups in total. The smallest absolute Gasteiger partial charge is 0.258 e. The zero-order valence-corrected chi connectivity index (χ0v) is 9.15. The van der Waals surface area contributed by atoms with Gasteiger partial charge in [-0.15, -0.1) is 0 Å². The van der Waals surface area contributed by atoms with Gasteiger partial charge in [0.1, 0.15) is 24.0 Å². The highest BCUT2D eigenvalue weighted by Gasteiger charge is 2.18. The summed E-state index contributed by atoms with van der Waals surface area (Å²) in [4.78, 5) is 10.0. The Labute approximate surface area is 95.8 Å². The molecule has 86 valence electrons. The molecule has 17 heavy (non-hydrogen) atoms. The molecule has 0 aromatic carbocycles. The monoisotopic (exact) mass is 232 g/mol. The van der Waals surface area contributed by atoms with Gasteiger partial charge in [0.15, 0.2) is 5.82 Å². The molecular weight excluding hydrogens is 224 g/mol. The Kier molecular flexibility index (Phi) is 2.36. The molecule has 2 rings (SSSR count). The lowest BCUT2D eigenvalue weighted by atomic mass is 10.3. The number of nitro groups is 1. The first-order chi connectivity index (χ1) is 8.04. The highest BCUT2D eigenvalue weighted by molar-refractivity contribution is 5.47. The fourth-order valence-electron chi connectivity index (χ4n) is 1.56. The molecule has 0 radical (unpaired) electrons. The van der Waals surface area contributed by atoms with Gasteiger partial charge in [-0.2, -0.15) is 15.5 Å². The number of aromatic nitrogens is 4. The lowest BCUT2D eigenvalue weighted by Crippen LogP contribution is -2.04. The van der Waals surface area contributed by atoms with Gasteiger partial charge in [-0.05, 0) is 6.92 Å². The maximum atomic E-state index is 10.6. The summed E-state index contributed by atoms with van der Waals surface area (Å²) >= 11 is 0. The van der Waals surface area contributed by atoms with Crippen LogP contribution >= 0.6 is 0 Å². The van der Waals surface area contributed by atoms with Gasteiger partial charge in [0.25, 0.3) is 0 Å². The van der Waals surface area contributed by atoms with E-state index in [1.807, 2.05) is 6.07 Å². The van der Waals surface area contributed by atoms with E-state index in [1.54, 1.807) is 14.0 Å². The molecule has 0 saturated heterocycles. The van der Waals surface area contributed by atoms with Gasteiger partial charge in [-0.3, -0.25) is 10.1 Å². The number of hydrogen-bond donors (Lipinski definition) is 0. The van der Waals surface area contributed by atoms with Gasteiger partial charge in [-0.1, -0.05) is 0 Å². The third kappa shape index (κ3) is 1.63. The third-order valence-corrected chi connectivity index (χ3v) is 2.30. The van der Waals surface area contributed by atoms with E-state index in [0.717, 1.165) is 6.20 Å². The van der Waals surface area contributed by atoms with E-state index in [4.69, 9.17) is 5.26 Å². The summed E-state index contributed by atoms with van der Waals surface area (Å²) in [5, 5.41) is 27.5. The zero-order chi connectivity index (χ0) is 12.6. The topological polar surface area (TPSA) is 103 Å². The Hall–Kier alpha value is -2.69. The highest BCUT2D eigenvalue weighted by Crippen LogP contribution is 2.18. The van der Waals surface area contributed by atoms with Crippen LogP contribution in [0.5, 0.6) is 0 Å². The van der Waals surface area contributed by atoms with Crippen molar-refractivity contribution in [2.75, 3.05) is 0 Å². The molecule has 0 fully saturated rings. The Balaban J connectivity index is 2.60. The van der Waals surface area contributed by atoms with E-state index in [0.29, 0.717) is 17.1 Å². The summed E-state index contributed by atoms with van der Waals surface area (Å²) in [6.07, 6.45) is 2.38. The zero-order valence-electron chi connectivity index (χ0n) is 9.15. The van der Waals surface area contributed by atoms with Crippen LogP contribution in [0.25, 0.3) is 5.82 Å². The second kappa shape index (κ2) is 3.71. The van der Waals surface area contributed by atoms with Gasteiger partial charge in [0, 0.05) is 7.05 Å². The number of nitrogens with zero attached hydrogens (tertiary/aromatic N) is 6. The van der Waals surface area contributed by atoms with Crippen molar-refractivity contribution in [3.05, 3.63) is 33.8 Å². The molecule has 2 aromatic heterocycles. The quantitative estimate of drug-likeness (QED) is 0.559. The van der Waals surface area contributed by atoms with Gasteiger partial charge in [-0.25, -0.2) is 9.36 Å². The first-order valence-corrected chi connectivity index (χ1v) is 4.67. The van der Waals surface area contributed by atoms with Gasteiger partial charge >= 0.3 is 5.69 Å². The SMILES string of the molecule is Cc1nn(C)c(-n2cc([N+](=O)[O-])cn2)c1C#N. The van der Waals surface area contributed by atoms with Crippen molar-refractivity contribution in [1.29, 1.82) is 5.26 Å². The summed E-state index contributed by atoms with van der Waals surface area (Å²) < 4.78 is 2.74.